The molecule has 7 heteroatoms. The minimum atomic E-state index is 0.654. The molecule has 0 aliphatic rings. The standard InChI is InChI=1S/C20H25N5S2/c1-4-21-20(23-12-18-14(2)24-15(3)27-18)22-11-10-17-13-26-19(25-17)16-8-6-5-7-9-16/h5-9,13H,4,10-12H2,1-3H3,(H2,21,22,23). The van der Waals surface area contributed by atoms with Gasteiger partial charge in [0.15, 0.2) is 5.96 Å². The number of rotatable bonds is 7. The Hall–Kier alpha value is -2.25. The van der Waals surface area contributed by atoms with Crippen molar-refractivity contribution >= 4 is 28.6 Å². The summed E-state index contributed by atoms with van der Waals surface area (Å²) in [5.41, 5.74) is 3.36. The van der Waals surface area contributed by atoms with E-state index in [0.717, 1.165) is 46.9 Å². The van der Waals surface area contributed by atoms with Gasteiger partial charge in [0.1, 0.15) is 5.01 Å². The number of nitrogens with zero attached hydrogens (tertiary/aromatic N) is 3. The number of benzene rings is 1. The van der Waals surface area contributed by atoms with E-state index in [1.807, 2.05) is 32.0 Å². The summed E-state index contributed by atoms with van der Waals surface area (Å²) in [5, 5.41) is 11.0. The highest BCUT2D eigenvalue weighted by atomic mass is 32.1. The van der Waals surface area contributed by atoms with E-state index in [2.05, 4.69) is 45.0 Å². The normalized spacial score (nSPS) is 11.6. The van der Waals surface area contributed by atoms with E-state index in [9.17, 15) is 0 Å². The number of nitrogens with one attached hydrogen (secondary N) is 2. The lowest BCUT2D eigenvalue weighted by molar-refractivity contribution is 0.792. The van der Waals surface area contributed by atoms with Gasteiger partial charge in [-0.15, -0.1) is 22.7 Å². The molecule has 0 aliphatic heterocycles. The molecular weight excluding hydrogens is 374 g/mol. The zero-order chi connectivity index (χ0) is 19.1. The maximum atomic E-state index is 4.74. The summed E-state index contributed by atoms with van der Waals surface area (Å²) in [6, 6.07) is 10.3. The summed E-state index contributed by atoms with van der Waals surface area (Å²) in [5.74, 6) is 0.835. The van der Waals surface area contributed by atoms with Crippen molar-refractivity contribution in [1.82, 2.24) is 20.6 Å². The van der Waals surface area contributed by atoms with E-state index >= 15 is 0 Å². The number of hydrogen-bond donors (Lipinski definition) is 2. The Morgan fingerprint density at radius 2 is 1.93 bits per heavy atom. The zero-order valence-electron chi connectivity index (χ0n) is 16.0. The number of aliphatic imine (C=N–C) groups is 1. The first-order valence-electron chi connectivity index (χ1n) is 9.10. The summed E-state index contributed by atoms with van der Waals surface area (Å²) < 4.78 is 0. The molecule has 2 aromatic heterocycles. The van der Waals surface area contributed by atoms with E-state index in [1.54, 1.807) is 22.7 Å². The minimum Gasteiger partial charge on any atom is -0.357 e. The Kier molecular flexibility index (Phi) is 6.95. The zero-order valence-corrected chi connectivity index (χ0v) is 17.6. The monoisotopic (exact) mass is 399 g/mol. The molecule has 0 saturated heterocycles. The smallest absolute Gasteiger partial charge is 0.191 e. The van der Waals surface area contributed by atoms with Gasteiger partial charge in [0, 0.05) is 35.3 Å². The van der Waals surface area contributed by atoms with Crippen molar-refractivity contribution in [3.05, 3.63) is 57.0 Å². The fourth-order valence-electron chi connectivity index (χ4n) is 2.66. The van der Waals surface area contributed by atoms with Crippen molar-refractivity contribution in [3.8, 4) is 10.6 Å². The third-order valence-corrected chi connectivity index (χ3v) is 5.97. The summed E-state index contributed by atoms with van der Waals surface area (Å²) in [6.07, 6.45) is 0.868. The van der Waals surface area contributed by atoms with Crippen LogP contribution in [0.1, 0.15) is 28.2 Å². The van der Waals surface area contributed by atoms with Gasteiger partial charge in [-0.05, 0) is 20.8 Å². The molecule has 1 aromatic carbocycles. The molecule has 2 heterocycles. The highest BCUT2D eigenvalue weighted by Gasteiger charge is 2.06. The molecule has 142 valence electrons. The van der Waals surface area contributed by atoms with Gasteiger partial charge in [-0.25, -0.2) is 15.0 Å². The van der Waals surface area contributed by atoms with Gasteiger partial charge in [0.05, 0.1) is 22.9 Å². The first-order valence-corrected chi connectivity index (χ1v) is 10.8. The summed E-state index contributed by atoms with van der Waals surface area (Å²) in [7, 11) is 0. The highest BCUT2D eigenvalue weighted by molar-refractivity contribution is 7.13. The molecule has 2 N–H and O–H groups in total. The average molecular weight is 400 g/mol. The minimum absolute atomic E-state index is 0.654. The van der Waals surface area contributed by atoms with Gasteiger partial charge in [-0.3, -0.25) is 0 Å². The first kappa shape index (κ1) is 19.5. The van der Waals surface area contributed by atoms with Gasteiger partial charge in [0.25, 0.3) is 0 Å². The maximum absolute atomic E-state index is 4.74. The van der Waals surface area contributed by atoms with Crippen LogP contribution in [0.3, 0.4) is 0 Å². The molecule has 0 unspecified atom stereocenters. The lowest BCUT2D eigenvalue weighted by Crippen LogP contribution is -2.38. The van der Waals surface area contributed by atoms with Crippen LogP contribution in [0.15, 0.2) is 40.7 Å². The lowest BCUT2D eigenvalue weighted by Gasteiger charge is -2.10. The Morgan fingerprint density at radius 3 is 2.63 bits per heavy atom. The number of aryl methyl sites for hydroxylation is 2. The van der Waals surface area contributed by atoms with Gasteiger partial charge >= 0.3 is 0 Å². The van der Waals surface area contributed by atoms with Gasteiger partial charge in [-0.2, -0.15) is 0 Å². The van der Waals surface area contributed by atoms with Crippen molar-refractivity contribution in [2.24, 2.45) is 4.99 Å². The highest BCUT2D eigenvalue weighted by Crippen LogP contribution is 2.23. The maximum Gasteiger partial charge on any atom is 0.191 e. The number of guanidine groups is 1. The van der Waals surface area contributed by atoms with Crippen LogP contribution < -0.4 is 10.6 Å². The second-order valence-corrected chi connectivity index (χ2v) is 8.27. The van der Waals surface area contributed by atoms with Crippen molar-refractivity contribution in [3.63, 3.8) is 0 Å². The number of aromatic nitrogens is 2. The van der Waals surface area contributed by atoms with E-state index in [4.69, 9.17) is 4.98 Å². The fraction of sp³-hybridized carbons (Fsp3) is 0.350. The molecule has 0 radical (unpaired) electrons. The molecule has 27 heavy (non-hydrogen) atoms. The van der Waals surface area contributed by atoms with Crippen LogP contribution in [-0.2, 0) is 13.0 Å². The van der Waals surface area contributed by atoms with Crippen LogP contribution in [0.5, 0.6) is 0 Å². The second-order valence-electron chi connectivity index (χ2n) is 6.12. The Balaban J connectivity index is 1.54. The fourth-order valence-corrected chi connectivity index (χ4v) is 4.38. The molecule has 0 spiro atoms. The summed E-state index contributed by atoms with van der Waals surface area (Å²) in [4.78, 5) is 15.1. The third kappa shape index (κ3) is 5.61. The predicted molar refractivity (Wildman–Crippen MR) is 116 cm³/mol. The Labute approximate surface area is 168 Å². The third-order valence-electron chi connectivity index (χ3n) is 3.97. The molecule has 0 atom stereocenters. The lowest BCUT2D eigenvalue weighted by atomic mass is 10.2. The number of hydrogen-bond acceptors (Lipinski definition) is 5. The SMILES string of the molecule is CCNC(=NCc1sc(C)nc1C)NCCc1csc(-c2ccccc2)n1. The van der Waals surface area contributed by atoms with E-state index in [-0.39, 0.29) is 0 Å². The van der Waals surface area contributed by atoms with Crippen LogP contribution in [-0.4, -0.2) is 29.0 Å². The van der Waals surface area contributed by atoms with Crippen LogP contribution in [0.25, 0.3) is 10.6 Å². The molecule has 3 aromatic rings. The number of thiazole rings is 2. The van der Waals surface area contributed by atoms with Gasteiger partial charge in [-0.1, -0.05) is 30.3 Å². The first-order chi connectivity index (χ1) is 13.2. The predicted octanol–water partition coefficient (Wildman–Crippen LogP) is 4.18. The Morgan fingerprint density at radius 1 is 1.11 bits per heavy atom. The van der Waals surface area contributed by atoms with Gasteiger partial charge < -0.3 is 10.6 Å². The second kappa shape index (κ2) is 9.62. The largest absolute Gasteiger partial charge is 0.357 e. The van der Waals surface area contributed by atoms with Crippen LogP contribution in [0.2, 0.25) is 0 Å². The molecule has 0 saturated carbocycles. The molecule has 0 bridgehead atoms. The van der Waals surface area contributed by atoms with E-state index < -0.39 is 0 Å². The van der Waals surface area contributed by atoms with Crippen LogP contribution in [0, 0.1) is 13.8 Å². The Bertz CT molecular complexity index is 883. The van der Waals surface area contributed by atoms with E-state index in [1.165, 1.54) is 10.4 Å². The topological polar surface area (TPSA) is 62.2 Å². The van der Waals surface area contributed by atoms with Crippen LogP contribution in [0.4, 0.5) is 0 Å². The van der Waals surface area contributed by atoms with Crippen molar-refractivity contribution in [2.75, 3.05) is 13.1 Å². The van der Waals surface area contributed by atoms with Crippen LogP contribution >= 0.6 is 22.7 Å². The molecule has 0 fully saturated rings. The average Bonchev–Trinajstić information content (AvgIpc) is 3.26. The van der Waals surface area contributed by atoms with Crippen molar-refractivity contribution in [2.45, 2.75) is 33.7 Å². The molecular formula is C20H25N5S2. The molecule has 0 amide bonds. The van der Waals surface area contributed by atoms with Gasteiger partial charge in [0.2, 0.25) is 0 Å². The quantitative estimate of drug-likeness (QED) is 0.462. The van der Waals surface area contributed by atoms with Crippen molar-refractivity contribution in [1.29, 1.82) is 0 Å². The summed E-state index contributed by atoms with van der Waals surface area (Å²) >= 11 is 3.41. The molecule has 0 aliphatic carbocycles. The van der Waals surface area contributed by atoms with E-state index in [0.29, 0.717) is 6.54 Å². The molecule has 5 nitrogen and oxygen atoms in total. The summed E-state index contributed by atoms with van der Waals surface area (Å²) in [6.45, 7) is 8.44. The molecule has 3 rings (SSSR count). The van der Waals surface area contributed by atoms with Crippen molar-refractivity contribution < 1.29 is 0 Å².